The summed E-state index contributed by atoms with van der Waals surface area (Å²) in [4.78, 5) is 25.2. The minimum absolute atomic E-state index is 0.0278. The van der Waals surface area contributed by atoms with Crippen molar-refractivity contribution in [3.63, 3.8) is 0 Å². The molecule has 2 unspecified atom stereocenters. The summed E-state index contributed by atoms with van der Waals surface area (Å²) in [5, 5.41) is 13.5. The van der Waals surface area contributed by atoms with Crippen molar-refractivity contribution >= 4 is 11.9 Å². The van der Waals surface area contributed by atoms with Gasteiger partial charge in [0.1, 0.15) is 6.04 Å². The van der Waals surface area contributed by atoms with E-state index in [0.717, 1.165) is 18.5 Å². The van der Waals surface area contributed by atoms with Gasteiger partial charge in [-0.15, -0.1) is 0 Å². The van der Waals surface area contributed by atoms with E-state index in [1.165, 1.54) is 4.90 Å². The summed E-state index contributed by atoms with van der Waals surface area (Å²) >= 11 is 0. The average molecular weight is 265 g/mol. The van der Waals surface area contributed by atoms with E-state index >= 15 is 0 Å². The third-order valence-electron chi connectivity index (χ3n) is 3.78. The molecule has 0 radical (unpaired) electrons. The number of aliphatic carboxylic acids is 1. The smallest absolute Gasteiger partial charge is 0.326 e. The Morgan fingerprint density at radius 3 is 2.68 bits per heavy atom. The largest absolute Gasteiger partial charge is 0.480 e. The molecule has 1 N–H and O–H groups in total. The predicted octanol–water partition coefficient (Wildman–Crippen LogP) is 1.05. The van der Waals surface area contributed by atoms with Crippen LogP contribution in [0, 0.1) is 12.8 Å². The Hall–Kier alpha value is -1.85. The van der Waals surface area contributed by atoms with Crippen LogP contribution in [0.4, 0.5) is 0 Å². The maximum atomic E-state index is 12.4. The second kappa shape index (κ2) is 5.03. The number of hydrogen-bond acceptors (Lipinski definition) is 3. The number of aryl methyl sites for hydroxylation is 2. The van der Waals surface area contributed by atoms with Crippen LogP contribution < -0.4 is 0 Å². The predicted molar refractivity (Wildman–Crippen MR) is 68.8 cm³/mol. The minimum atomic E-state index is -0.937. The first-order valence-corrected chi connectivity index (χ1v) is 6.46. The zero-order chi connectivity index (χ0) is 14.2. The topological polar surface area (TPSA) is 75.4 Å². The van der Waals surface area contributed by atoms with Crippen LogP contribution in [0.1, 0.15) is 35.9 Å². The van der Waals surface area contributed by atoms with Gasteiger partial charge in [0.05, 0.1) is 0 Å². The Balaban J connectivity index is 2.28. The molecule has 1 aliphatic heterocycles. The Morgan fingerprint density at radius 2 is 2.16 bits per heavy atom. The summed E-state index contributed by atoms with van der Waals surface area (Å²) in [6.07, 6.45) is 1.67. The van der Waals surface area contributed by atoms with Crippen molar-refractivity contribution in [3.05, 3.63) is 17.5 Å². The molecule has 0 bridgehead atoms. The number of rotatable bonds is 2. The Bertz CT molecular complexity index is 490. The molecule has 1 aromatic rings. The summed E-state index contributed by atoms with van der Waals surface area (Å²) < 4.78 is 1.62. The first-order chi connectivity index (χ1) is 8.91. The van der Waals surface area contributed by atoms with E-state index in [0.29, 0.717) is 12.2 Å². The van der Waals surface area contributed by atoms with Crippen LogP contribution in [0.15, 0.2) is 6.07 Å². The van der Waals surface area contributed by atoms with Gasteiger partial charge in [-0.05, 0) is 31.7 Å². The molecule has 0 aliphatic carbocycles. The lowest BCUT2D eigenvalue weighted by Gasteiger charge is -2.36. The number of amides is 1. The van der Waals surface area contributed by atoms with Gasteiger partial charge in [-0.25, -0.2) is 4.79 Å². The highest BCUT2D eigenvalue weighted by atomic mass is 16.4. The summed E-state index contributed by atoms with van der Waals surface area (Å²) in [5.41, 5.74) is 1.20. The molecular formula is C13H19N3O3. The molecule has 2 rings (SSSR count). The van der Waals surface area contributed by atoms with Gasteiger partial charge in [-0.2, -0.15) is 5.10 Å². The summed E-state index contributed by atoms with van der Waals surface area (Å²) in [7, 11) is 1.76. The Labute approximate surface area is 112 Å². The van der Waals surface area contributed by atoms with Gasteiger partial charge in [0.15, 0.2) is 5.69 Å². The number of carbonyl (C=O) groups is 2. The van der Waals surface area contributed by atoms with Crippen molar-refractivity contribution in [3.8, 4) is 0 Å². The average Bonchev–Trinajstić information content (AvgIpc) is 2.68. The molecule has 1 aliphatic rings. The van der Waals surface area contributed by atoms with E-state index in [1.807, 2.05) is 13.8 Å². The molecule has 1 amide bonds. The molecule has 0 aromatic carbocycles. The first-order valence-electron chi connectivity index (χ1n) is 6.46. The van der Waals surface area contributed by atoms with Crippen molar-refractivity contribution in [2.45, 2.75) is 32.7 Å². The van der Waals surface area contributed by atoms with Crippen LogP contribution in [0.3, 0.4) is 0 Å². The second-order valence-corrected chi connectivity index (χ2v) is 5.20. The fraction of sp³-hybridized carbons (Fsp3) is 0.615. The quantitative estimate of drug-likeness (QED) is 0.867. The summed E-state index contributed by atoms with van der Waals surface area (Å²) in [6.45, 7) is 4.22. The molecule has 0 saturated carbocycles. The Morgan fingerprint density at radius 1 is 1.47 bits per heavy atom. The van der Waals surface area contributed by atoms with Crippen molar-refractivity contribution < 1.29 is 14.7 Å². The molecular weight excluding hydrogens is 246 g/mol. The molecule has 19 heavy (non-hydrogen) atoms. The molecule has 104 valence electrons. The van der Waals surface area contributed by atoms with Gasteiger partial charge in [-0.3, -0.25) is 9.48 Å². The molecule has 1 aromatic heterocycles. The fourth-order valence-electron chi connectivity index (χ4n) is 2.60. The first kappa shape index (κ1) is 13.6. The van der Waals surface area contributed by atoms with E-state index in [4.69, 9.17) is 0 Å². The van der Waals surface area contributed by atoms with Crippen LogP contribution in [0.25, 0.3) is 0 Å². The lowest BCUT2D eigenvalue weighted by molar-refractivity contribution is -0.145. The standard InChI is InChI=1S/C13H19N3O3/c1-8-5-4-6-16(11(8)13(18)19)12(17)10-7-9(2)15(3)14-10/h7-8,11H,4-6H2,1-3H3,(H,18,19). The van der Waals surface area contributed by atoms with Gasteiger partial charge in [0.25, 0.3) is 5.91 Å². The molecule has 1 saturated heterocycles. The second-order valence-electron chi connectivity index (χ2n) is 5.20. The van der Waals surface area contributed by atoms with E-state index < -0.39 is 12.0 Å². The van der Waals surface area contributed by atoms with Crippen LogP contribution in [0.5, 0.6) is 0 Å². The number of likely N-dealkylation sites (tertiary alicyclic amines) is 1. The van der Waals surface area contributed by atoms with Gasteiger partial charge in [0, 0.05) is 19.3 Å². The zero-order valence-electron chi connectivity index (χ0n) is 11.5. The van der Waals surface area contributed by atoms with Gasteiger partial charge < -0.3 is 10.0 Å². The number of carbonyl (C=O) groups excluding carboxylic acids is 1. The van der Waals surface area contributed by atoms with Gasteiger partial charge >= 0.3 is 5.97 Å². The SMILES string of the molecule is Cc1cc(C(=O)N2CCCC(C)C2C(=O)O)nn1C. The van der Waals surface area contributed by atoms with Crippen molar-refractivity contribution in [2.24, 2.45) is 13.0 Å². The third kappa shape index (κ3) is 2.47. The minimum Gasteiger partial charge on any atom is -0.480 e. The third-order valence-corrected chi connectivity index (χ3v) is 3.78. The van der Waals surface area contributed by atoms with E-state index in [1.54, 1.807) is 17.8 Å². The van der Waals surface area contributed by atoms with E-state index in [-0.39, 0.29) is 11.8 Å². The van der Waals surface area contributed by atoms with Crippen LogP contribution >= 0.6 is 0 Å². The van der Waals surface area contributed by atoms with Crippen molar-refractivity contribution in [1.82, 2.24) is 14.7 Å². The highest BCUT2D eigenvalue weighted by Crippen LogP contribution is 2.25. The van der Waals surface area contributed by atoms with Crippen molar-refractivity contribution in [1.29, 1.82) is 0 Å². The number of nitrogens with zero attached hydrogens (tertiary/aromatic N) is 3. The van der Waals surface area contributed by atoms with Crippen LogP contribution in [-0.2, 0) is 11.8 Å². The normalized spacial score (nSPS) is 23.4. The monoisotopic (exact) mass is 265 g/mol. The van der Waals surface area contributed by atoms with Gasteiger partial charge in [0.2, 0.25) is 0 Å². The van der Waals surface area contributed by atoms with E-state index in [9.17, 15) is 14.7 Å². The summed E-state index contributed by atoms with van der Waals surface area (Å²) in [5.74, 6) is -1.25. The maximum Gasteiger partial charge on any atom is 0.326 e. The molecule has 2 atom stereocenters. The lowest BCUT2D eigenvalue weighted by atomic mass is 9.90. The zero-order valence-corrected chi connectivity index (χ0v) is 11.5. The molecule has 1 fully saturated rings. The summed E-state index contributed by atoms with van der Waals surface area (Å²) in [6, 6.07) is 0.948. The number of hydrogen-bond donors (Lipinski definition) is 1. The Kier molecular flexibility index (Phi) is 3.59. The molecule has 2 heterocycles. The molecule has 6 heteroatoms. The maximum absolute atomic E-state index is 12.4. The highest BCUT2D eigenvalue weighted by Gasteiger charge is 2.38. The van der Waals surface area contributed by atoms with Gasteiger partial charge in [-0.1, -0.05) is 6.92 Å². The number of aromatic nitrogens is 2. The highest BCUT2D eigenvalue weighted by molar-refractivity contribution is 5.95. The molecule has 0 spiro atoms. The number of carboxylic acids is 1. The number of piperidine rings is 1. The number of carboxylic acid groups (broad SMARTS) is 1. The molecule has 6 nitrogen and oxygen atoms in total. The fourth-order valence-corrected chi connectivity index (χ4v) is 2.60. The van der Waals surface area contributed by atoms with Crippen LogP contribution in [-0.4, -0.2) is 44.3 Å². The lowest BCUT2D eigenvalue weighted by Crippen LogP contribution is -2.52. The van der Waals surface area contributed by atoms with Crippen LogP contribution in [0.2, 0.25) is 0 Å². The van der Waals surface area contributed by atoms with E-state index in [2.05, 4.69) is 5.10 Å². The van der Waals surface area contributed by atoms with Crippen molar-refractivity contribution in [2.75, 3.05) is 6.54 Å².